The van der Waals surface area contributed by atoms with E-state index in [1.165, 1.54) is 38.5 Å². The first-order chi connectivity index (χ1) is 22.2. The first-order valence-corrected chi connectivity index (χ1v) is 14.7. The molecule has 1 spiro atoms. The number of ketones is 2. The van der Waals surface area contributed by atoms with Gasteiger partial charge >= 0.3 is 0 Å². The van der Waals surface area contributed by atoms with Crippen LogP contribution in [0.4, 0.5) is 17.1 Å². The second-order valence-electron chi connectivity index (χ2n) is 11.6. The number of non-ortho nitro benzene ring substituents is 1. The molecule has 0 unspecified atom stereocenters. The minimum absolute atomic E-state index is 0.165. The van der Waals surface area contributed by atoms with Crippen molar-refractivity contribution in [3.05, 3.63) is 129 Å². The lowest BCUT2D eigenvalue weighted by Gasteiger charge is -2.39. The summed E-state index contributed by atoms with van der Waals surface area (Å²) in [4.78, 5) is 57.5. The summed E-state index contributed by atoms with van der Waals surface area (Å²) in [6, 6.07) is 23.1. The lowest BCUT2D eigenvalue weighted by Crippen LogP contribution is -2.51. The predicted octanol–water partition coefficient (Wildman–Crippen LogP) is 5.86. The number of nitro groups is 1. The van der Waals surface area contributed by atoms with Gasteiger partial charge in [-0.15, -0.1) is 0 Å². The highest BCUT2D eigenvalue weighted by Gasteiger charge is 2.70. The van der Waals surface area contributed by atoms with E-state index in [-0.39, 0.29) is 22.6 Å². The molecule has 0 saturated carbocycles. The number of carbonyl (C=O) groups excluding carboxylic acids is 3. The molecule has 10 nitrogen and oxygen atoms in total. The molecule has 7 rings (SSSR count). The second kappa shape index (κ2) is 10.7. The maximum Gasteiger partial charge on any atom is 0.269 e. The molecule has 0 aliphatic carbocycles. The van der Waals surface area contributed by atoms with Crippen LogP contribution in [0, 0.1) is 16.0 Å². The average Bonchev–Trinajstić information content (AvgIpc) is 3.55. The van der Waals surface area contributed by atoms with E-state index in [1.54, 1.807) is 24.3 Å². The molecular formula is C36H29N3O7. The number of allylic oxidation sites excluding steroid dienone is 1. The highest BCUT2D eigenvalue weighted by molar-refractivity contribution is 6.19. The quantitative estimate of drug-likeness (QED) is 0.156. The number of benzene rings is 4. The first kappa shape index (κ1) is 29.0. The van der Waals surface area contributed by atoms with E-state index in [1.807, 2.05) is 60.4 Å². The van der Waals surface area contributed by atoms with E-state index in [4.69, 9.17) is 9.47 Å². The Labute approximate surface area is 264 Å². The van der Waals surface area contributed by atoms with Crippen LogP contribution in [0.3, 0.4) is 0 Å². The lowest BCUT2D eigenvalue weighted by molar-refractivity contribution is -0.384. The van der Waals surface area contributed by atoms with Crippen LogP contribution in [0.15, 0.2) is 97.1 Å². The summed E-state index contributed by atoms with van der Waals surface area (Å²) in [6.07, 6.45) is 1.97. The molecule has 3 aliphatic rings. The van der Waals surface area contributed by atoms with Gasteiger partial charge < -0.3 is 19.7 Å². The van der Waals surface area contributed by atoms with E-state index >= 15 is 4.79 Å². The molecule has 0 aromatic heterocycles. The van der Waals surface area contributed by atoms with Gasteiger partial charge in [-0.1, -0.05) is 42.5 Å². The van der Waals surface area contributed by atoms with Gasteiger partial charge in [0.15, 0.2) is 11.6 Å². The van der Waals surface area contributed by atoms with Crippen LogP contribution >= 0.6 is 0 Å². The zero-order chi connectivity index (χ0) is 32.3. The topological polar surface area (TPSA) is 128 Å². The summed E-state index contributed by atoms with van der Waals surface area (Å²) < 4.78 is 11.1. The van der Waals surface area contributed by atoms with Crippen molar-refractivity contribution in [1.29, 1.82) is 0 Å². The molecule has 0 bridgehead atoms. The summed E-state index contributed by atoms with van der Waals surface area (Å²) in [6.45, 7) is 1.95. The SMILES string of the molecule is COc1ccc(OC)c(C(=O)[C@@H]2[C@H](C(=O)c3ccc([N+](=O)[O-])cc3)N3c4ccccc4C(C)=C[C@@H]3[C@]23C(=O)Nc2ccccc23)c1. The summed E-state index contributed by atoms with van der Waals surface area (Å²) >= 11 is 0. The second-order valence-corrected chi connectivity index (χ2v) is 11.6. The number of para-hydroxylation sites is 2. The average molecular weight is 616 g/mol. The predicted molar refractivity (Wildman–Crippen MR) is 172 cm³/mol. The van der Waals surface area contributed by atoms with Crippen LogP contribution in [-0.4, -0.2) is 48.7 Å². The van der Waals surface area contributed by atoms with Crippen molar-refractivity contribution >= 4 is 40.1 Å². The molecule has 3 aliphatic heterocycles. The lowest BCUT2D eigenvalue weighted by atomic mass is 9.63. The summed E-state index contributed by atoms with van der Waals surface area (Å²) in [5.41, 5.74) is 2.30. The minimum Gasteiger partial charge on any atom is -0.497 e. The number of hydrogen-bond donors (Lipinski definition) is 1. The molecule has 1 saturated heterocycles. The first-order valence-electron chi connectivity index (χ1n) is 14.7. The third-order valence-electron chi connectivity index (χ3n) is 9.47. The number of nitrogens with one attached hydrogen (secondary N) is 1. The van der Waals surface area contributed by atoms with Crippen molar-refractivity contribution in [2.24, 2.45) is 5.92 Å². The standard InChI is InChI=1S/C36H29N3O7/c1-20-18-30-36(26-9-5-6-10-27(26)37-35(36)42)31(34(41)25-19-23(45-2)16-17-29(25)46-3)32(38(30)28-11-7-4-8-24(20)28)33(40)21-12-14-22(15-13-21)39(43)44/h4-19,30-32H,1-3H3,(H,37,42)/t30-,31+,32-,36+/m1/s1. The van der Waals surface area contributed by atoms with E-state index < -0.39 is 45.8 Å². The molecule has 4 aromatic carbocycles. The van der Waals surface area contributed by atoms with Crippen LogP contribution < -0.4 is 19.7 Å². The molecule has 1 amide bonds. The summed E-state index contributed by atoms with van der Waals surface area (Å²) in [7, 11) is 2.94. The molecule has 3 heterocycles. The van der Waals surface area contributed by atoms with Crippen LogP contribution in [0.2, 0.25) is 0 Å². The number of hydrogen-bond acceptors (Lipinski definition) is 8. The van der Waals surface area contributed by atoms with Crippen LogP contribution in [0.25, 0.3) is 5.57 Å². The van der Waals surface area contributed by atoms with E-state index in [9.17, 15) is 19.7 Å². The Kier molecular flexibility index (Phi) is 6.73. The molecular weight excluding hydrogens is 586 g/mol. The molecule has 10 heteroatoms. The van der Waals surface area contributed by atoms with Gasteiger partial charge in [0.2, 0.25) is 5.91 Å². The maximum absolute atomic E-state index is 15.2. The normalized spacial score (nSPS) is 22.3. The number of nitrogens with zero attached hydrogens (tertiary/aromatic N) is 2. The van der Waals surface area contributed by atoms with E-state index in [2.05, 4.69) is 5.32 Å². The fourth-order valence-corrected chi connectivity index (χ4v) is 7.48. The number of amides is 1. The van der Waals surface area contributed by atoms with Gasteiger partial charge in [0.25, 0.3) is 5.69 Å². The minimum atomic E-state index is -1.53. The monoisotopic (exact) mass is 615 g/mol. The zero-order valence-corrected chi connectivity index (χ0v) is 25.2. The molecule has 4 atom stereocenters. The van der Waals surface area contributed by atoms with Crippen LogP contribution in [-0.2, 0) is 10.2 Å². The number of ether oxygens (including phenoxy) is 2. The fourth-order valence-electron chi connectivity index (χ4n) is 7.48. The third kappa shape index (κ3) is 3.99. The zero-order valence-electron chi connectivity index (χ0n) is 25.2. The highest BCUT2D eigenvalue weighted by Crippen LogP contribution is 2.59. The van der Waals surface area contributed by atoms with Gasteiger partial charge in [-0.3, -0.25) is 24.5 Å². The maximum atomic E-state index is 15.2. The number of carbonyl (C=O) groups is 3. The molecule has 4 aromatic rings. The van der Waals surface area contributed by atoms with Gasteiger partial charge in [-0.25, -0.2) is 0 Å². The van der Waals surface area contributed by atoms with Gasteiger partial charge in [-0.2, -0.15) is 0 Å². The smallest absolute Gasteiger partial charge is 0.269 e. The Morgan fingerprint density at radius 3 is 2.35 bits per heavy atom. The summed E-state index contributed by atoms with van der Waals surface area (Å²) in [5, 5.41) is 14.4. The van der Waals surface area contributed by atoms with Gasteiger partial charge in [-0.05, 0) is 60.5 Å². The largest absolute Gasteiger partial charge is 0.497 e. The number of anilines is 2. The van der Waals surface area contributed by atoms with Gasteiger partial charge in [0, 0.05) is 34.6 Å². The highest BCUT2D eigenvalue weighted by atomic mass is 16.6. The van der Waals surface area contributed by atoms with Crippen molar-refractivity contribution in [3.8, 4) is 11.5 Å². The number of Topliss-reactive ketones (excluding diaryl/α,β-unsaturated/α-hetero) is 2. The Bertz CT molecular complexity index is 1990. The molecule has 1 fully saturated rings. The number of rotatable bonds is 7. The number of fused-ring (bicyclic) bond motifs is 6. The van der Waals surface area contributed by atoms with Crippen molar-refractivity contribution in [2.75, 3.05) is 24.4 Å². The van der Waals surface area contributed by atoms with Gasteiger partial charge in [0.1, 0.15) is 23.0 Å². The number of nitro benzene ring substituents is 1. The Balaban J connectivity index is 1.55. The Morgan fingerprint density at radius 2 is 1.63 bits per heavy atom. The number of methoxy groups -OCH3 is 2. The van der Waals surface area contributed by atoms with Crippen molar-refractivity contribution in [1.82, 2.24) is 0 Å². The van der Waals surface area contributed by atoms with Crippen molar-refractivity contribution in [3.63, 3.8) is 0 Å². The Hall–Kier alpha value is -5.77. The van der Waals surface area contributed by atoms with E-state index in [0.29, 0.717) is 22.7 Å². The van der Waals surface area contributed by atoms with Crippen molar-refractivity contribution in [2.45, 2.75) is 24.4 Å². The van der Waals surface area contributed by atoms with Gasteiger partial charge in [0.05, 0.1) is 36.7 Å². The van der Waals surface area contributed by atoms with Crippen LogP contribution in [0.1, 0.15) is 38.8 Å². The molecule has 46 heavy (non-hydrogen) atoms. The van der Waals surface area contributed by atoms with Crippen LogP contribution in [0.5, 0.6) is 11.5 Å². The molecule has 1 N–H and O–H groups in total. The molecule has 0 radical (unpaired) electrons. The van der Waals surface area contributed by atoms with Crippen molar-refractivity contribution < 1.29 is 28.8 Å². The van der Waals surface area contributed by atoms with E-state index in [0.717, 1.165) is 11.1 Å². The fraction of sp³-hybridized carbons (Fsp3) is 0.194. The Morgan fingerprint density at radius 1 is 0.913 bits per heavy atom. The summed E-state index contributed by atoms with van der Waals surface area (Å²) in [5.74, 6) is -1.89. The molecule has 230 valence electrons. The third-order valence-corrected chi connectivity index (χ3v) is 9.47.